The number of benzene rings is 1. The summed E-state index contributed by atoms with van der Waals surface area (Å²) in [5.41, 5.74) is 0.984. The van der Waals surface area contributed by atoms with Crippen LogP contribution in [0.15, 0.2) is 17.1 Å². The Labute approximate surface area is 165 Å². The third kappa shape index (κ3) is 4.29. The number of fused-ring (bicyclic) bond motifs is 1. The molecule has 3 rings (SSSR count). The molecule has 1 aromatic heterocycles. The quantitative estimate of drug-likeness (QED) is 0.548. The van der Waals surface area contributed by atoms with Gasteiger partial charge in [0.15, 0.2) is 23.3 Å². The van der Waals surface area contributed by atoms with Crippen molar-refractivity contribution in [1.29, 1.82) is 0 Å². The molecule has 0 atom stereocenters. The second-order valence-corrected chi connectivity index (χ2v) is 6.45. The summed E-state index contributed by atoms with van der Waals surface area (Å²) in [6.45, 7) is 2.10. The molecule has 28 heavy (non-hydrogen) atoms. The van der Waals surface area contributed by atoms with Gasteiger partial charge in [-0.3, -0.25) is 4.99 Å². The fraction of sp³-hybridized carbons (Fsp3) is 0.526. The van der Waals surface area contributed by atoms with Gasteiger partial charge in [-0.1, -0.05) is 0 Å². The molecule has 2 aromatic rings. The highest BCUT2D eigenvalue weighted by Gasteiger charge is 2.16. The summed E-state index contributed by atoms with van der Waals surface area (Å²) < 4.78 is 18.4. The molecule has 0 unspecified atom stereocenters. The van der Waals surface area contributed by atoms with E-state index in [-0.39, 0.29) is 0 Å². The molecule has 1 aromatic carbocycles. The van der Waals surface area contributed by atoms with Gasteiger partial charge in [-0.25, -0.2) is 0 Å². The molecular formula is C19H28N6O3. The minimum Gasteiger partial charge on any atom is -0.493 e. The summed E-state index contributed by atoms with van der Waals surface area (Å²) in [5.74, 6) is 4.51. The first kappa shape index (κ1) is 19.8. The van der Waals surface area contributed by atoms with Gasteiger partial charge in [0.1, 0.15) is 5.82 Å². The lowest BCUT2D eigenvalue weighted by atomic mass is 10.1. The van der Waals surface area contributed by atoms with Crippen molar-refractivity contribution in [2.45, 2.75) is 38.9 Å². The number of nitrogens with zero attached hydrogens (tertiary/aromatic N) is 4. The van der Waals surface area contributed by atoms with Gasteiger partial charge in [-0.2, -0.15) is 0 Å². The standard InChI is InChI=1S/C19H28N6O3/c1-20-19(22-12-17-24-23-16-7-5-6-8-25(16)17)21-11-13-9-14(26-2)18(28-4)15(10-13)27-3/h9-10H,5-8,11-12H2,1-4H3,(H2,20,21,22). The SMILES string of the molecule is CN=C(NCc1cc(OC)c(OC)c(OC)c1)NCc1nnc2n1CCCC2. The van der Waals surface area contributed by atoms with Crippen LogP contribution in [-0.4, -0.2) is 49.1 Å². The summed E-state index contributed by atoms with van der Waals surface area (Å²) in [7, 11) is 6.54. The van der Waals surface area contributed by atoms with Crippen molar-refractivity contribution in [3.63, 3.8) is 0 Å². The van der Waals surface area contributed by atoms with E-state index in [1.165, 1.54) is 12.8 Å². The maximum atomic E-state index is 5.41. The zero-order chi connectivity index (χ0) is 19.9. The first-order valence-electron chi connectivity index (χ1n) is 9.34. The highest BCUT2D eigenvalue weighted by molar-refractivity contribution is 5.79. The Kier molecular flexibility index (Phi) is 6.57. The van der Waals surface area contributed by atoms with Crippen LogP contribution < -0.4 is 24.8 Å². The Balaban J connectivity index is 1.62. The van der Waals surface area contributed by atoms with Gasteiger partial charge in [-0.15, -0.1) is 10.2 Å². The van der Waals surface area contributed by atoms with E-state index in [4.69, 9.17) is 14.2 Å². The van der Waals surface area contributed by atoms with E-state index in [0.717, 1.165) is 30.2 Å². The first-order valence-corrected chi connectivity index (χ1v) is 9.34. The number of hydrogen-bond acceptors (Lipinski definition) is 6. The molecule has 0 spiro atoms. The summed E-state index contributed by atoms with van der Waals surface area (Å²) in [4.78, 5) is 4.28. The molecule has 0 amide bonds. The van der Waals surface area contributed by atoms with Crippen molar-refractivity contribution in [1.82, 2.24) is 25.4 Å². The Bertz CT molecular complexity index is 808. The molecule has 9 nitrogen and oxygen atoms in total. The fourth-order valence-electron chi connectivity index (χ4n) is 3.31. The monoisotopic (exact) mass is 388 g/mol. The van der Waals surface area contributed by atoms with E-state index in [0.29, 0.717) is 36.3 Å². The molecule has 9 heteroatoms. The molecule has 0 aliphatic carbocycles. The third-order valence-corrected chi connectivity index (χ3v) is 4.76. The van der Waals surface area contributed by atoms with E-state index < -0.39 is 0 Å². The zero-order valence-corrected chi connectivity index (χ0v) is 16.9. The summed E-state index contributed by atoms with van der Waals surface area (Å²) in [5, 5.41) is 15.2. The number of nitrogens with one attached hydrogen (secondary N) is 2. The van der Waals surface area contributed by atoms with E-state index in [2.05, 4.69) is 30.4 Å². The number of hydrogen-bond donors (Lipinski definition) is 2. The van der Waals surface area contributed by atoms with Crippen molar-refractivity contribution in [3.05, 3.63) is 29.3 Å². The van der Waals surface area contributed by atoms with Crippen LogP contribution in [0.3, 0.4) is 0 Å². The first-order chi connectivity index (χ1) is 13.7. The van der Waals surface area contributed by atoms with Crippen LogP contribution in [-0.2, 0) is 26.1 Å². The summed E-state index contributed by atoms with van der Waals surface area (Å²) in [6, 6.07) is 3.83. The third-order valence-electron chi connectivity index (χ3n) is 4.76. The highest BCUT2D eigenvalue weighted by atomic mass is 16.5. The molecule has 2 heterocycles. The van der Waals surface area contributed by atoms with Crippen LogP contribution in [0.1, 0.15) is 30.1 Å². The van der Waals surface area contributed by atoms with Crippen molar-refractivity contribution >= 4 is 5.96 Å². The average Bonchev–Trinajstić information content (AvgIpc) is 3.16. The Morgan fingerprint density at radius 3 is 2.39 bits per heavy atom. The lowest BCUT2D eigenvalue weighted by Crippen LogP contribution is -2.37. The Morgan fingerprint density at radius 1 is 1.04 bits per heavy atom. The number of aliphatic imine (C=N–C) groups is 1. The van der Waals surface area contributed by atoms with Gasteiger partial charge in [0.2, 0.25) is 5.75 Å². The smallest absolute Gasteiger partial charge is 0.203 e. The van der Waals surface area contributed by atoms with Gasteiger partial charge < -0.3 is 29.4 Å². The van der Waals surface area contributed by atoms with Gasteiger partial charge in [0.05, 0.1) is 27.9 Å². The van der Waals surface area contributed by atoms with Crippen molar-refractivity contribution < 1.29 is 14.2 Å². The van der Waals surface area contributed by atoms with Crippen LogP contribution in [0.25, 0.3) is 0 Å². The lowest BCUT2D eigenvalue weighted by Gasteiger charge is -2.17. The molecule has 1 aliphatic rings. The predicted molar refractivity (Wildman–Crippen MR) is 106 cm³/mol. The lowest BCUT2D eigenvalue weighted by molar-refractivity contribution is 0.323. The van der Waals surface area contributed by atoms with Crippen LogP contribution >= 0.6 is 0 Å². The van der Waals surface area contributed by atoms with Gasteiger partial charge in [0.25, 0.3) is 0 Å². The Hall–Kier alpha value is -2.97. The molecule has 0 bridgehead atoms. The highest BCUT2D eigenvalue weighted by Crippen LogP contribution is 2.38. The minimum absolute atomic E-state index is 0.550. The molecule has 0 saturated carbocycles. The second-order valence-electron chi connectivity index (χ2n) is 6.45. The van der Waals surface area contributed by atoms with Crippen molar-refractivity contribution in [2.24, 2.45) is 4.99 Å². The second kappa shape index (κ2) is 9.29. The van der Waals surface area contributed by atoms with E-state index in [1.54, 1.807) is 28.4 Å². The maximum Gasteiger partial charge on any atom is 0.203 e. The van der Waals surface area contributed by atoms with E-state index in [1.807, 2.05) is 12.1 Å². The van der Waals surface area contributed by atoms with E-state index >= 15 is 0 Å². The van der Waals surface area contributed by atoms with Gasteiger partial charge in [0, 0.05) is 26.6 Å². The minimum atomic E-state index is 0.550. The predicted octanol–water partition coefficient (Wildman–Crippen LogP) is 1.51. The number of aryl methyl sites for hydroxylation is 1. The number of guanidine groups is 1. The average molecular weight is 388 g/mol. The molecule has 1 aliphatic heterocycles. The molecule has 2 N–H and O–H groups in total. The molecule has 0 radical (unpaired) electrons. The topological polar surface area (TPSA) is 94.8 Å². The molecule has 152 valence electrons. The summed E-state index contributed by atoms with van der Waals surface area (Å²) in [6.07, 6.45) is 3.36. The molecule has 0 fully saturated rings. The number of rotatable bonds is 7. The van der Waals surface area contributed by atoms with Crippen LogP contribution in [0, 0.1) is 0 Å². The molecular weight excluding hydrogens is 360 g/mol. The zero-order valence-electron chi connectivity index (χ0n) is 16.9. The van der Waals surface area contributed by atoms with Crippen molar-refractivity contribution in [3.8, 4) is 17.2 Å². The fourth-order valence-corrected chi connectivity index (χ4v) is 3.31. The molecule has 0 saturated heterocycles. The largest absolute Gasteiger partial charge is 0.493 e. The summed E-state index contributed by atoms with van der Waals surface area (Å²) >= 11 is 0. The Morgan fingerprint density at radius 2 is 1.75 bits per heavy atom. The van der Waals surface area contributed by atoms with Gasteiger partial charge in [-0.05, 0) is 30.5 Å². The van der Waals surface area contributed by atoms with E-state index in [9.17, 15) is 0 Å². The number of ether oxygens (including phenoxy) is 3. The van der Waals surface area contributed by atoms with Crippen LogP contribution in [0.2, 0.25) is 0 Å². The van der Waals surface area contributed by atoms with Crippen LogP contribution in [0.4, 0.5) is 0 Å². The number of aromatic nitrogens is 3. The maximum absolute atomic E-state index is 5.41. The normalized spacial score (nSPS) is 13.6. The van der Waals surface area contributed by atoms with Crippen LogP contribution in [0.5, 0.6) is 17.2 Å². The van der Waals surface area contributed by atoms with Gasteiger partial charge >= 0.3 is 0 Å². The number of methoxy groups -OCH3 is 3. The van der Waals surface area contributed by atoms with Crippen molar-refractivity contribution in [2.75, 3.05) is 28.4 Å².